The number of aromatic nitrogens is 2. The Morgan fingerprint density at radius 3 is 2.62 bits per heavy atom. The molecule has 1 saturated heterocycles. The van der Waals surface area contributed by atoms with Gasteiger partial charge in [-0.05, 0) is 76.3 Å². The summed E-state index contributed by atoms with van der Waals surface area (Å²) in [5.74, 6) is 0.746. The third-order valence-electron chi connectivity index (χ3n) is 5.21. The molecule has 2 fully saturated rings. The van der Waals surface area contributed by atoms with Crippen molar-refractivity contribution >= 4 is 17.7 Å². The molecule has 1 atom stereocenters. The fourth-order valence-corrected chi connectivity index (χ4v) is 3.81. The monoisotopic (exact) mass is 351 g/mol. The molecule has 0 aromatic carbocycles. The highest BCUT2D eigenvalue weighted by Crippen LogP contribution is 2.61. The zero-order valence-electron chi connectivity index (χ0n) is 14.7. The van der Waals surface area contributed by atoms with E-state index in [1.807, 2.05) is 31.7 Å². The molecule has 1 aromatic heterocycles. The average Bonchev–Trinajstić information content (AvgIpc) is 3.18. The Balaban J connectivity index is 1.44. The molecule has 0 radical (unpaired) electrons. The molecule has 0 bridgehead atoms. The van der Waals surface area contributed by atoms with Crippen LogP contribution in [0.5, 0.6) is 0 Å². The van der Waals surface area contributed by atoms with E-state index in [0.29, 0.717) is 10.6 Å². The lowest BCUT2D eigenvalue weighted by molar-refractivity contribution is 0.0165. The molecule has 0 N–H and O–H groups in total. The fourth-order valence-electron chi connectivity index (χ4n) is 3.71. The summed E-state index contributed by atoms with van der Waals surface area (Å²) in [6, 6.07) is 3.75. The Kier molecular flexibility index (Phi) is 4.73. The second-order valence-electron chi connectivity index (χ2n) is 8.12. The molecule has 3 rings (SSSR count). The van der Waals surface area contributed by atoms with Crippen LogP contribution in [-0.2, 0) is 11.2 Å². The second kappa shape index (κ2) is 6.51. The predicted molar refractivity (Wildman–Crippen MR) is 92.9 cm³/mol. The van der Waals surface area contributed by atoms with Crippen LogP contribution in [0.4, 0.5) is 4.79 Å². The Bertz CT molecular complexity index is 589. The Morgan fingerprint density at radius 2 is 2.04 bits per heavy atom. The van der Waals surface area contributed by atoms with Gasteiger partial charge in [-0.3, -0.25) is 0 Å². The standard InChI is InChI=1S/C18H26ClN3O2/c1-17(2,3)24-16(23)22-10-8-18(9-11-22)12-13(18)4-5-14-6-7-15(19)21-20-14/h6-7,13H,4-5,8-12H2,1-3H3. The number of likely N-dealkylation sites (tertiary alicyclic amines) is 1. The van der Waals surface area contributed by atoms with Crippen molar-refractivity contribution in [2.45, 2.75) is 58.5 Å². The molecule has 2 aliphatic rings. The van der Waals surface area contributed by atoms with Crippen molar-refractivity contribution in [3.63, 3.8) is 0 Å². The van der Waals surface area contributed by atoms with Crippen LogP contribution in [0.1, 0.15) is 52.1 Å². The predicted octanol–water partition coefficient (Wildman–Crippen LogP) is 4.10. The zero-order chi connectivity index (χ0) is 17.4. The van der Waals surface area contributed by atoms with Crippen LogP contribution in [0, 0.1) is 11.3 Å². The number of halogens is 1. The fraction of sp³-hybridized carbons (Fsp3) is 0.722. The van der Waals surface area contributed by atoms with E-state index in [2.05, 4.69) is 10.2 Å². The lowest BCUT2D eigenvalue weighted by atomic mass is 9.89. The van der Waals surface area contributed by atoms with Gasteiger partial charge in [-0.1, -0.05) is 11.6 Å². The van der Waals surface area contributed by atoms with E-state index < -0.39 is 5.60 Å². The highest BCUT2D eigenvalue weighted by molar-refractivity contribution is 6.29. The number of nitrogens with zero attached hydrogens (tertiary/aromatic N) is 3. The topological polar surface area (TPSA) is 55.3 Å². The van der Waals surface area contributed by atoms with Gasteiger partial charge in [0.05, 0.1) is 5.69 Å². The normalized spacial score (nSPS) is 22.5. The van der Waals surface area contributed by atoms with Gasteiger partial charge >= 0.3 is 6.09 Å². The zero-order valence-corrected chi connectivity index (χ0v) is 15.5. The summed E-state index contributed by atoms with van der Waals surface area (Å²) in [5, 5.41) is 8.47. The van der Waals surface area contributed by atoms with Crippen molar-refractivity contribution in [1.82, 2.24) is 15.1 Å². The number of amides is 1. The smallest absolute Gasteiger partial charge is 0.410 e. The number of piperidine rings is 1. The number of aryl methyl sites for hydroxylation is 1. The summed E-state index contributed by atoms with van der Waals surface area (Å²) >= 11 is 5.77. The van der Waals surface area contributed by atoms with Gasteiger partial charge in [0, 0.05) is 13.1 Å². The van der Waals surface area contributed by atoms with Gasteiger partial charge in [0.2, 0.25) is 0 Å². The van der Waals surface area contributed by atoms with Gasteiger partial charge in [0.25, 0.3) is 0 Å². The minimum atomic E-state index is -0.423. The van der Waals surface area contributed by atoms with Crippen LogP contribution in [0.3, 0.4) is 0 Å². The van der Waals surface area contributed by atoms with Gasteiger partial charge < -0.3 is 9.64 Å². The van der Waals surface area contributed by atoms with Gasteiger partial charge in [0.15, 0.2) is 5.15 Å². The van der Waals surface area contributed by atoms with Crippen molar-refractivity contribution in [3.8, 4) is 0 Å². The molecular weight excluding hydrogens is 326 g/mol. The minimum Gasteiger partial charge on any atom is -0.444 e. The highest BCUT2D eigenvalue weighted by atomic mass is 35.5. The van der Waals surface area contributed by atoms with E-state index in [-0.39, 0.29) is 6.09 Å². The third kappa shape index (κ3) is 4.18. The van der Waals surface area contributed by atoms with Gasteiger partial charge in [0.1, 0.15) is 5.60 Å². The van der Waals surface area contributed by atoms with E-state index in [4.69, 9.17) is 16.3 Å². The van der Waals surface area contributed by atoms with Crippen molar-refractivity contribution < 1.29 is 9.53 Å². The quantitative estimate of drug-likeness (QED) is 0.822. The molecule has 1 spiro atoms. The van der Waals surface area contributed by atoms with Gasteiger partial charge in [-0.2, -0.15) is 5.10 Å². The van der Waals surface area contributed by atoms with Gasteiger partial charge in [-0.25, -0.2) is 4.79 Å². The molecule has 6 heteroatoms. The van der Waals surface area contributed by atoms with E-state index in [0.717, 1.165) is 50.4 Å². The second-order valence-corrected chi connectivity index (χ2v) is 8.50. The van der Waals surface area contributed by atoms with Crippen LogP contribution >= 0.6 is 11.6 Å². The molecule has 1 amide bonds. The molecule has 2 heterocycles. The van der Waals surface area contributed by atoms with Crippen LogP contribution in [0.15, 0.2) is 12.1 Å². The third-order valence-corrected chi connectivity index (χ3v) is 5.41. The Labute approximate surface area is 148 Å². The first kappa shape index (κ1) is 17.5. The number of hydrogen-bond acceptors (Lipinski definition) is 4. The number of ether oxygens (including phenoxy) is 1. The van der Waals surface area contributed by atoms with Crippen LogP contribution in [0.25, 0.3) is 0 Å². The van der Waals surface area contributed by atoms with E-state index in [1.54, 1.807) is 6.07 Å². The first-order chi connectivity index (χ1) is 11.3. The minimum absolute atomic E-state index is 0.175. The molecule has 1 aromatic rings. The molecule has 1 aliphatic heterocycles. The molecule has 1 unspecified atom stereocenters. The largest absolute Gasteiger partial charge is 0.444 e. The first-order valence-electron chi connectivity index (χ1n) is 8.73. The van der Waals surface area contributed by atoms with Crippen LogP contribution in [-0.4, -0.2) is 39.9 Å². The molecular formula is C18H26ClN3O2. The van der Waals surface area contributed by atoms with Crippen molar-refractivity contribution in [2.75, 3.05) is 13.1 Å². The van der Waals surface area contributed by atoms with Gasteiger partial charge in [-0.15, -0.1) is 5.10 Å². The molecule has 5 nitrogen and oxygen atoms in total. The summed E-state index contributed by atoms with van der Waals surface area (Å²) in [7, 11) is 0. The van der Waals surface area contributed by atoms with Crippen LogP contribution in [0.2, 0.25) is 5.15 Å². The van der Waals surface area contributed by atoms with E-state index in [1.165, 1.54) is 6.42 Å². The highest BCUT2D eigenvalue weighted by Gasteiger charge is 2.54. The van der Waals surface area contributed by atoms with Crippen molar-refractivity contribution in [1.29, 1.82) is 0 Å². The summed E-state index contributed by atoms with van der Waals surface area (Å²) in [6.07, 6.45) is 5.36. The summed E-state index contributed by atoms with van der Waals surface area (Å²) in [4.78, 5) is 14.0. The number of carbonyl (C=O) groups excluding carboxylic acids is 1. The number of hydrogen-bond donors (Lipinski definition) is 0. The van der Waals surface area contributed by atoms with E-state index in [9.17, 15) is 4.79 Å². The summed E-state index contributed by atoms with van der Waals surface area (Å²) < 4.78 is 5.47. The molecule has 132 valence electrons. The maximum absolute atomic E-state index is 12.1. The maximum Gasteiger partial charge on any atom is 0.410 e. The number of rotatable bonds is 3. The molecule has 24 heavy (non-hydrogen) atoms. The maximum atomic E-state index is 12.1. The lowest BCUT2D eigenvalue weighted by Crippen LogP contribution is -2.42. The van der Waals surface area contributed by atoms with Crippen LogP contribution < -0.4 is 0 Å². The lowest BCUT2D eigenvalue weighted by Gasteiger charge is -2.34. The Morgan fingerprint density at radius 1 is 1.33 bits per heavy atom. The first-order valence-corrected chi connectivity index (χ1v) is 9.11. The molecule has 1 saturated carbocycles. The SMILES string of the molecule is CC(C)(C)OC(=O)N1CCC2(CC1)CC2CCc1ccc(Cl)nn1. The molecule has 1 aliphatic carbocycles. The van der Waals surface area contributed by atoms with Crippen molar-refractivity contribution in [2.24, 2.45) is 11.3 Å². The average molecular weight is 352 g/mol. The number of carbonyl (C=O) groups is 1. The summed E-state index contributed by atoms with van der Waals surface area (Å²) in [6.45, 7) is 7.35. The van der Waals surface area contributed by atoms with Crippen molar-refractivity contribution in [3.05, 3.63) is 23.0 Å². The van der Waals surface area contributed by atoms with E-state index >= 15 is 0 Å². The Hall–Kier alpha value is -1.36. The summed E-state index contributed by atoms with van der Waals surface area (Å²) in [5.41, 5.74) is 1.03.